The topological polar surface area (TPSA) is 65.6 Å². The SMILES string of the molecule is Clc1cc(CNc2ccc3c(n2)CNC3)c2cn[nH]c2c1. The summed E-state index contributed by atoms with van der Waals surface area (Å²) in [4.78, 5) is 4.63. The molecular weight excluding hydrogens is 286 g/mol. The molecule has 3 N–H and O–H groups in total. The zero-order valence-corrected chi connectivity index (χ0v) is 12.0. The molecule has 4 rings (SSSR count). The molecule has 5 nitrogen and oxygen atoms in total. The number of aromatic amines is 1. The third kappa shape index (κ3) is 2.34. The highest BCUT2D eigenvalue weighted by Gasteiger charge is 2.12. The Hall–Kier alpha value is -2.11. The highest BCUT2D eigenvalue weighted by atomic mass is 35.5. The normalized spacial score (nSPS) is 13.6. The number of benzene rings is 1. The second-order valence-corrected chi connectivity index (χ2v) is 5.59. The smallest absolute Gasteiger partial charge is 0.126 e. The van der Waals surface area contributed by atoms with E-state index < -0.39 is 0 Å². The summed E-state index contributed by atoms with van der Waals surface area (Å²) in [5.41, 5.74) is 4.46. The zero-order chi connectivity index (χ0) is 14.2. The molecule has 6 heteroatoms. The number of pyridine rings is 1. The van der Waals surface area contributed by atoms with Crippen LogP contribution < -0.4 is 10.6 Å². The Bertz CT molecular complexity index is 811. The Morgan fingerprint density at radius 1 is 1.24 bits per heavy atom. The van der Waals surface area contributed by atoms with E-state index in [1.54, 1.807) is 0 Å². The molecule has 0 bridgehead atoms. The lowest BCUT2D eigenvalue weighted by molar-refractivity contribution is 0.758. The first-order valence-corrected chi connectivity index (χ1v) is 7.22. The van der Waals surface area contributed by atoms with Gasteiger partial charge in [0.15, 0.2) is 0 Å². The molecule has 0 atom stereocenters. The molecule has 1 aromatic carbocycles. The average molecular weight is 300 g/mol. The van der Waals surface area contributed by atoms with Crippen molar-refractivity contribution in [1.82, 2.24) is 20.5 Å². The molecule has 0 spiro atoms. The molecule has 0 saturated carbocycles. The molecule has 0 radical (unpaired) electrons. The molecule has 106 valence electrons. The number of rotatable bonds is 3. The Balaban J connectivity index is 1.59. The molecule has 1 aliphatic rings. The maximum absolute atomic E-state index is 6.14. The number of nitrogens with one attached hydrogen (secondary N) is 3. The van der Waals surface area contributed by atoms with Crippen molar-refractivity contribution >= 4 is 28.3 Å². The van der Waals surface area contributed by atoms with E-state index in [1.807, 2.05) is 24.4 Å². The summed E-state index contributed by atoms with van der Waals surface area (Å²) < 4.78 is 0. The van der Waals surface area contributed by atoms with Crippen LogP contribution in [0.15, 0.2) is 30.5 Å². The van der Waals surface area contributed by atoms with Crippen molar-refractivity contribution in [3.63, 3.8) is 0 Å². The molecule has 21 heavy (non-hydrogen) atoms. The summed E-state index contributed by atoms with van der Waals surface area (Å²) in [5, 5.41) is 15.5. The van der Waals surface area contributed by atoms with Crippen LogP contribution in [0.25, 0.3) is 10.9 Å². The van der Waals surface area contributed by atoms with Crippen LogP contribution in [0.4, 0.5) is 5.82 Å². The van der Waals surface area contributed by atoms with Gasteiger partial charge in [-0.15, -0.1) is 0 Å². The van der Waals surface area contributed by atoms with E-state index in [-0.39, 0.29) is 0 Å². The van der Waals surface area contributed by atoms with Gasteiger partial charge in [0.2, 0.25) is 0 Å². The Morgan fingerprint density at radius 2 is 2.19 bits per heavy atom. The summed E-state index contributed by atoms with van der Waals surface area (Å²) in [5.74, 6) is 0.883. The van der Waals surface area contributed by atoms with Crippen molar-refractivity contribution < 1.29 is 0 Å². The minimum atomic E-state index is 0.663. The van der Waals surface area contributed by atoms with Crippen LogP contribution in [0.2, 0.25) is 5.02 Å². The fourth-order valence-electron chi connectivity index (χ4n) is 2.68. The van der Waals surface area contributed by atoms with Crippen LogP contribution in [0.3, 0.4) is 0 Å². The van der Waals surface area contributed by atoms with Crippen LogP contribution in [0, 0.1) is 0 Å². The second kappa shape index (κ2) is 5.02. The van der Waals surface area contributed by atoms with Crippen LogP contribution in [0.5, 0.6) is 0 Å². The predicted octanol–water partition coefficient (Wildman–Crippen LogP) is 2.83. The number of halogens is 1. The number of aromatic nitrogens is 3. The fraction of sp³-hybridized carbons (Fsp3) is 0.200. The average Bonchev–Trinajstić information content (AvgIpc) is 3.12. The number of hydrogen-bond donors (Lipinski definition) is 3. The lowest BCUT2D eigenvalue weighted by Crippen LogP contribution is -2.04. The standard InChI is InChI=1S/C15H14ClN5/c16-11-3-10(12-7-19-21-13(12)4-11)6-18-15-2-1-9-5-17-8-14(9)20-15/h1-4,7,17H,5-6,8H2,(H,18,20)(H,19,21). The van der Waals surface area contributed by atoms with Crippen molar-refractivity contribution in [3.05, 3.63) is 52.3 Å². The Labute approximate surface area is 126 Å². The van der Waals surface area contributed by atoms with Crippen molar-refractivity contribution in [2.45, 2.75) is 19.6 Å². The van der Waals surface area contributed by atoms with Gasteiger partial charge in [-0.25, -0.2) is 4.98 Å². The molecular formula is C15H14ClN5. The van der Waals surface area contributed by atoms with E-state index in [4.69, 9.17) is 11.6 Å². The summed E-state index contributed by atoms with van der Waals surface area (Å²) in [7, 11) is 0. The van der Waals surface area contributed by atoms with Gasteiger partial charge in [0.1, 0.15) is 5.82 Å². The maximum Gasteiger partial charge on any atom is 0.126 e. The molecule has 3 heterocycles. The number of H-pyrrole nitrogens is 1. The first-order chi connectivity index (χ1) is 10.3. The highest BCUT2D eigenvalue weighted by Crippen LogP contribution is 2.23. The molecule has 2 aromatic heterocycles. The van der Waals surface area contributed by atoms with E-state index in [9.17, 15) is 0 Å². The van der Waals surface area contributed by atoms with Gasteiger partial charge in [-0.3, -0.25) is 5.10 Å². The van der Waals surface area contributed by atoms with E-state index in [2.05, 4.69) is 31.9 Å². The molecule has 0 fully saturated rings. The molecule has 0 unspecified atom stereocenters. The van der Waals surface area contributed by atoms with Crippen molar-refractivity contribution in [2.75, 3.05) is 5.32 Å². The van der Waals surface area contributed by atoms with E-state index in [0.717, 1.165) is 41.1 Å². The van der Waals surface area contributed by atoms with Crippen LogP contribution in [-0.2, 0) is 19.6 Å². The minimum absolute atomic E-state index is 0.663. The van der Waals surface area contributed by atoms with Crippen LogP contribution in [0.1, 0.15) is 16.8 Å². The predicted molar refractivity (Wildman–Crippen MR) is 83.2 cm³/mol. The van der Waals surface area contributed by atoms with E-state index in [0.29, 0.717) is 11.6 Å². The van der Waals surface area contributed by atoms with Gasteiger partial charge in [-0.1, -0.05) is 17.7 Å². The molecule has 3 aromatic rings. The van der Waals surface area contributed by atoms with Gasteiger partial charge in [0.05, 0.1) is 17.4 Å². The van der Waals surface area contributed by atoms with Gasteiger partial charge in [-0.05, 0) is 29.3 Å². The van der Waals surface area contributed by atoms with Crippen molar-refractivity contribution in [1.29, 1.82) is 0 Å². The number of anilines is 1. The lowest BCUT2D eigenvalue weighted by atomic mass is 10.1. The summed E-state index contributed by atoms with van der Waals surface area (Å²) in [6.07, 6.45) is 1.82. The number of hydrogen-bond acceptors (Lipinski definition) is 4. The molecule has 0 aliphatic carbocycles. The third-order valence-corrected chi connectivity index (χ3v) is 3.96. The van der Waals surface area contributed by atoms with Gasteiger partial charge in [-0.2, -0.15) is 5.10 Å². The first-order valence-electron chi connectivity index (χ1n) is 6.84. The first kappa shape index (κ1) is 12.6. The molecule has 1 aliphatic heterocycles. The van der Waals surface area contributed by atoms with Gasteiger partial charge in [0, 0.05) is 30.0 Å². The number of nitrogens with zero attached hydrogens (tertiary/aromatic N) is 2. The summed E-state index contributed by atoms with van der Waals surface area (Å²) in [6.45, 7) is 2.41. The third-order valence-electron chi connectivity index (χ3n) is 3.75. The maximum atomic E-state index is 6.14. The second-order valence-electron chi connectivity index (χ2n) is 5.16. The summed E-state index contributed by atoms with van der Waals surface area (Å²) >= 11 is 6.14. The Kier molecular flexibility index (Phi) is 3.02. The lowest BCUT2D eigenvalue weighted by Gasteiger charge is -2.08. The van der Waals surface area contributed by atoms with Gasteiger partial charge in [0.25, 0.3) is 0 Å². The van der Waals surface area contributed by atoms with Crippen LogP contribution in [-0.4, -0.2) is 15.2 Å². The monoisotopic (exact) mass is 299 g/mol. The quantitative estimate of drug-likeness (QED) is 0.696. The fourth-order valence-corrected chi connectivity index (χ4v) is 2.92. The van der Waals surface area contributed by atoms with E-state index >= 15 is 0 Å². The van der Waals surface area contributed by atoms with Crippen molar-refractivity contribution in [3.8, 4) is 0 Å². The molecule has 0 amide bonds. The van der Waals surface area contributed by atoms with Gasteiger partial charge < -0.3 is 10.6 Å². The molecule has 0 saturated heterocycles. The zero-order valence-electron chi connectivity index (χ0n) is 11.3. The van der Waals surface area contributed by atoms with Gasteiger partial charge >= 0.3 is 0 Å². The Morgan fingerprint density at radius 3 is 3.14 bits per heavy atom. The highest BCUT2D eigenvalue weighted by molar-refractivity contribution is 6.31. The van der Waals surface area contributed by atoms with E-state index in [1.165, 1.54) is 5.56 Å². The minimum Gasteiger partial charge on any atom is -0.366 e. The van der Waals surface area contributed by atoms with Crippen molar-refractivity contribution in [2.24, 2.45) is 0 Å². The largest absolute Gasteiger partial charge is 0.366 e. The number of fused-ring (bicyclic) bond motifs is 2. The summed E-state index contributed by atoms with van der Waals surface area (Å²) in [6, 6.07) is 7.98. The van der Waals surface area contributed by atoms with Crippen LogP contribution >= 0.6 is 11.6 Å².